The molecule has 0 unspecified atom stereocenters. The van der Waals surface area contributed by atoms with Crippen molar-refractivity contribution in [2.75, 3.05) is 30.4 Å². The van der Waals surface area contributed by atoms with E-state index in [9.17, 15) is 19.7 Å². The van der Waals surface area contributed by atoms with E-state index in [1.165, 1.54) is 19.2 Å². The van der Waals surface area contributed by atoms with Crippen LogP contribution < -0.4 is 10.2 Å². The summed E-state index contributed by atoms with van der Waals surface area (Å²) in [7, 11) is 1.29. The molecule has 1 heterocycles. The number of esters is 1. The second-order valence-electron chi connectivity index (χ2n) is 7.55. The van der Waals surface area contributed by atoms with Gasteiger partial charge < -0.3 is 15.0 Å². The molecular weight excluding hydrogens is 386 g/mol. The average Bonchev–Trinajstić information content (AvgIpc) is 2.74. The number of hydrogen-bond donors (Lipinski definition) is 1. The first-order valence-electron chi connectivity index (χ1n) is 9.84. The Morgan fingerprint density at radius 1 is 1.17 bits per heavy atom. The number of nitrogens with zero attached hydrogens (tertiary/aromatic N) is 2. The Kier molecular flexibility index (Phi) is 6.34. The smallest absolute Gasteiger partial charge is 0.338 e. The number of amides is 1. The molecule has 0 saturated carbocycles. The van der Waals surface area contributed by atoms with Gasteiger partial charge in [0, 0.05) is 30.9 Å². The largest absolute Gasteiger partial charge is 0.465 e. The molecule has 0 bridgehead atoms. The van der Waals surface area contributed by atoms with Gasteiger partial charge in [-0.3, -0.25) is 14.9 Å². The van der Waals surface area contributed by atoms with Gasteiger partial charge in [-0.15, -0.1) is 0 Å². The molecule has 1 aliphatic rings. The lowest BCUT2D eigenvalue weighted by atomic mass is 9.97. The highest BCUT2D eigenvalue weighted by Gasteiger charge is 2.24. The zero-order chi connectivity index (χ0) is 21.8. The third-order valence-electron chi connectivity index (χ3n) is 5.55. The first kappa shape index (κ1) is 21.3. The molecule has 0 spiro atoms. The van der Waals surface area contributed by atoms with E-state index in [0.717, 1.165) is 25.9 Å². The van der Waals surface area contributed by atoms with Crippen LogP contribution in [0.5, 0.6) is 0 Å². The Hall–Kier alpha value is -3.42. The van der Waals surface area contributed by atoms with Crippen LogP contribution in [0.1, 0.15) is 46.0 Å². The minimum atomic E-state index is -0.512. The maximum absolute atomic E-state index is 13.1. The molecule has 8 nitrogen and oxygen atoms in total. The van der Waals surface area contributed by atoms with Crippen molar-refractivity contribution in [3.05, 3.63) is 63.2 Å². The SMILES string of the molecule is COC(=O)c1cccc(NC(=O)c2cc([N+](=O)[O-])ccc2N2CCC(C)CC2)c1C. The van der Waals surface area contributed by atoms with E-state index in [1.807, 2.05) is 0 Å². The number of methoxy groups -OCH3 is 1. The lowest BCUT2D eigenvalue weighted by molar-refractivity contribution is -0.384. The molecule has 1 fully saturated rings. The summed E-state index contributed by atoms with van der Waals surface area (Å²) in [6, 6.07) is 9.31. The van der Waals surface area contributed by atoms with E-state index < -0.39 is 16.8 Å². The lowest BCUT2D eigenvalue weighted by Crippen LogP contribution is -2.34. The number of hydrogen-bond acceptors (Lipinski definition) is 6. The number of nitro groups is 1. The van der Waals surface area contributed by atoms with Crippen molar-refractivity contribution in [2.45, 2.75) is 26.7 Å². The molecule has 0 atom stereocenters. The number of nitrogens with one attached hydrogen (secondary N) is 1. The third kappa shape index (κ3) is 4.42. The summed E-state index contributed by atoms with van der Waals surface area (Å²) in [5.41, 5.74) is 2.13. The van der Waals surface area contributed by atoms with Crippen LogP contribution in [-0.4, -0.2) is 37.0 Å². The Labute approximate surface area is 175 Å². The third-order valence-corrected chi connectivity index (χ3v) is 5.55. The number of rotatable bonds is 5. The van der Waals surface area contributed by atoms with E-state index in [0.29, 0.717) is 28.4 Å². The highest BCUT2D eigenvalue weighted by Crippen LogP contribution is 2.30. The van der Waals surface area contributed by atoms with Crippen LogP contribution in [0, 0.1) is 23.0 Å². The molecule has 2 aromatic carbocycles. The summed E-state index contributed by atoms with van der Waals surface area (Å²) in [5.74, 6) is -0.347. The fourth-order valence-corrected chi connectivity index (χ4v) is 3.64. The van der Waals surface area contributed by atoms with E-state index in [-0.39, 0.29) is 11.3 Å². The van der Waals surface area contributed by atoms with Gasteiger partial charge in [0.25, 0.3) is 11.6 Å². The first-order chi connectivity index (χ1) is 14.3. The Bertz CT molecular complexity index is 981. The molecule has 0 radical (unpaired) electrons. The van der Waals surface area contributed by atoms with Crippen molar-refractivity contribution >= 4 is 28.9 Å². The number of non-ortho nitro benzene ring substituents is 1. The van der Waals surface area contributed by atoms with E-state index in [1.54, 1.807) is 31.2 Å². The zero-order valence-corrected chi connectivity index (χ0v) is 17.3. The van der Waals surface area contributed by atoms with Crippen LogP contribution in [0.15, 0.2) is 36.4 Å². The summed E-state index contributed by atoms with van der Waals surface area (Å²) in [6.45, 7) is 5.48. The van der Waals surface area contributed by atoms with Gasteiger partial charge in [0.05, 0.1) is 28.8 Å². The van der Waals surface area contributed by atoms with Crippen molar-refractivity contribution in [3.8, 4) is 0 Å². The van der Waals surface area contributed by atoms with E-state index >= 15 is 0 Å². The van der Waals surface area contributed by atoms with Crippen molar-refractivity contribution in [3.63, 3.8) is 0 Å². The number of benzene rings is 2. The molecule has 30 heavy (non-hydrogen) atoms. The molecule has 8 heteroatoms. The molecule has 2 aromatic rings. The highest BCUT2D eigenvalue weighted by atomic mass is 16.6. The highest BCUT2D eigenvalue weighted by molar-refractivity contribution is 6.09. The Balaban J connectivity index is 1.95. The predicted octanol–water partition coefficient (Wildman–Crippen LogP) is 4.18. The normalized spacial score (nSPS) is 14.3. The van der Waals surface area contributed by atoms with E-state index in [2.05, 4.69) is 17.1 Å². The molecule has 1 N–H and O–H groups in total. The lowest BCUT2D eigenvalue weighted by Gasteiger charge is -2.33. The number of carbonyl (C=O) groups is 2. The number of anilines is 2. The monoisotopic (exact) mass is 411 g/mol. The van der Waals surface area contributed by atoms with Crippen molar-refractivity contribution in [2.24, 2.45) is 5.92 Å². The fraction of sp³-hybridized carbons (Fsp3) is 0.364. The summed E-state index contributed by atoms with van der Waals surface area (Å²) < 4.78 is 4.78. The van der Waals surface area contributed by atoms with Gasteiger partial charge in [-0.05, 0) is 49.4 Å². The molecule has 0 aliphatic carbocycles. The topological polar surface area (TPSA) is 102 Å². The van der Waals surface area contributed by atoms with Gasteiger partial charge in [0.1, 0.15) is 0 Å². The summed E-state index contributed by atoms with van der Waals surface area (Å²) in [5, 5.41) is 14.1. The van der Waals surface area contributed by atoms with Crippen LogP contribution in [0.3, 0.4) is 0 Å². The standard InChI is InChI=1S/C22H25N3O5/c1-14-9-11-24(12-10-14)20-8-7-16(25(28)29)13-18(20)21(26)23-19-6-4-5-17(15(19)2)22(27)30-3/h4-8,13-14H,9-12H2,1-3H3,(H,23,26). The van der Waals surface area contributed by atoms with Gasteiger partial charge in [-0.25, -0.2) is 4.79 Å². The molecular formula is C22H25N3O5. The molecule has 1 aliphatic heterocycles. The molecule has 3 rings (SSSR count). The van der Waals surface area contributed by atoms with Crippen molar-refractivity contribution in [1.29, 1.82) is 0 Å². The van der Waals surface area contributed by atoms with Crippen molar-refractivity contribution in [1.82, 2.24) is 0 Å². The molecule has 1 amide bonds. The number of nitro benzene ring substituents is 1. The van der Waals surface area contributed by atoms with Gasteiger partial charge in [-0.1, -0.05) is 13.0 Å². The summed E-state index contributed by atoms with van der Waals surface area (Å²) in [6.07, 6.45) is 2.00. The molecule has 1 saturated heterocycles. The zero-order valence-electron chi connectivity index (χ0n) is 17.3. The van der Waals surface area contributed by atoms with Gasteiger partial charge in [0.2, 0.25) is 0 Å². The molecule has 158 valence electrons. The van der Waals surface area contributed by atoms with Gasteiger partial charge in [-0.2, -0.15) is 0 Å². The predicted molar refractivity (Wildman–Crippen MR) is 114 cm³/mol. The maximum Gasteiger partial charge on any atom is 0.338 e. The van der Waals surface area contributed by atoms with Gasteiger partial charge >= 0.3 is 5.97 Å². The second kappa shape index (κ2) is 8.94. The van der Waals surface area contributed by atoms with E-state index in [4.69, 9.17) is 4.74 Å². The van der Waals surface area contributed by atoms with Crippen LogP contribution in [-0.2, 0) is 4.74 Å². The van der Waals surface area contributed by atoms with Gasteiger partial charge in [0.15, 0.2) is 0 Å². The van der Waals surface area contributed by atoms with Crippen LogP contribution in [0.4, 0.5) is 17.1 Å². The summed E-state index contributed by atoms with van der Waals surface area (Å²) >= 11 is 0. The average molecular weight is 411 g/mol. The van der Waals surface area contributed by atoms with Crippen LogP contribution in [0.2, 0.25) is 0 Å². The fourth-order valence-electron chi connectivity index (χ4n) is 3.64. The number of carbonyl (C=O) groups excluding carboxylic acids is 2. The maximum atomic E-state index is 13.1. The number of piperidine rings is 1. The van der Waals surface area contributed by atoms with Crippen LogP contribution >= 0.6 is 0 Å². The Morgan fingerprint density at radius 2 is 1.87 bits per heavy atom. The minimum Gasteiger partial charge on any atom is -0.465 e. The molecule has 0 aromatic heterocycles. The first-order valence-corrected chi connectivity index (χ1v) is 9.84. The second-order valence-corrected chi connectivity index (χ2v) is 7.55. The summed E-state index contributed by atoms with van der Waals surface area (Å²) in [4.78, 5) is 37.9. The van der Waals surface area contributed by atoms with Crippen molar-refractivity contribution < 1.29 is 19.2 Å². The van der Waals surface area contributed by atoms with Crippen LogP contribution in [0.25, 0.3) is 0 Å². The quantitative estimate of drug-likeness (QED) is 0.450. The minimum absolute atomic E-state index is 0.144. The Morgan fingerprint density at radius 3 is 2.50 bits per heavy atom. The number of ether oxygens (including phenoxy) is 1.